The van der Waals surface area contributed by atoms with Crippen LogP contribution in [0.15, 0.2) is 45.8 Å². The van der Waals surface area contributed by atoms with Gasteiger partial charge in [0.05, 0.1) is 24.6 Å². The molecule has 0 N–H and O–H groups in total. The summed E-state index contributed by atoms with van der Waals surface area (Å²) in [4.78, 5) is 5.45. The van der Waals surface area contributed by atoms with Crippen molar-refractivity contribution in [2.45, 2.75) is 63.7 Å². The van der Waals surface area contributed by atoms with E-state index in [2.05, 4.69) is 52.7 Å². The predicted octanol–water partition coefficient (Wildman–Crippen LogP) is 5.89. The number of pyridine rings is 1. The van der Waals surface area contributed by atoms with E-state index in [-0.39, 0.29) is 11.3 Å². The molecule has 162 valence electrons. The average molecular weight is 417 g/mol. The van der Waals surface area contributed by atoms with Crippen LogP contribution >= 0.6 is 0 Å². The molecule has 5 heteroatoms. The molecule has 0 radical (unpaired) electrons. The van der Waals surface area contributed by atoms with Crippen LogP contribution in [0.2, 0.25) is 0 Å². The van der Waals surface area contributed by atoms with Gasteiger partial charge in [-0.2, -0.15) is 5.11 Å². The Morgan fingerprint density at radius 2 is 1.77 bits per heavy atom. The molecule has 1 saturated carbocycles. The zero-order valence-electron chi connectivity index (χ0n) is 18.7. The Hall–Kier alpha value is -2.40. The number of rotatable bonds is 5. The van der Waals surface area contributed by atoms with Gasteiger partial charge >= 0.3 is 0 Å². The number of ether oxygens (including phenoxy) is 1. The molecular formula is C26H32N4O. The molecule has 0 bridgehead atoms. The van der Waals surface area contributed by atoms with Crippen LogP contribution in [0.3, 0.4) is 0 Å². The third-order valence-corrected chi connectivity index (χ3v) is 7.31. The van der Waals surface area contributed by atoms with E-state index >= 15 is 0 Å². The quantitative estimate of drug-likeness (QED) is 0.610. The lowest BCUT2D eigenvalue weighted by Gasteiger charge is -2.34. The molecule has 1 unspecified atom stereocenters. The van der Waals surface area contributed by atoms with Gasteiger partial charge in [-0.05, 0) is 60.4 Å². The molecule has 1 aromatic heterocycles. The molecular weight excluding hydrogens is 384 g/mol. The van der Waals surface area contributed by atoms with E-state index in [0.717, 1.165) is 31.4 Å². The summed E-state index contributed by atoms with van der Waals surface area (Å²) >= 11 is 0. The summed E-state index contributed by atoms with van der Waals surface area (Å²) in [5.74, 6) is 0.225. The van der Waals surface area contributed by atoms with Crippen molar-refractivity contribution in [1.29, 1.82) is 0 Å². The fourth-order valence-corrected chi connectivity index (χ4v) is 5.80. The third-order valence-electron chi connectivity index (χ3n) is 7.31. The maximum Gasteiger partial charge on any atom is 0.0792 e. The second-order valence-electron chi connectivity index (χ2n) is 9.43. The van der Waals surface area contributed by atoms with Crippen molar-refractivity contribution in [1.82, 2.24) is 4.98 Å². The molecule has 2 heterocycles. The molecule has 1 atom stereocenters. The lowest BCUT2D eigenvalue weighted by atomic mass is 9.74. The molecule has 31 heavy (non-hydrogen) atoms. The lowest BCUT2D eigenvalue weighted by molar-refractivity contribution is 0.129. The van der Waals surface area contributed by atoms with Crippen LogP contribution in [0.5, 0.6) is 0 Å². The van der Waals surface area contributed by atoms with E-state index in [0.29, 0.717) is 13.2 Å². The van der Waals surface area contributed by atoms with Crippen LogP contribution in [-0.4, -0.2) is 31.0 Å². The van der Waals surface area contributed by atoms with Crippen LogP contribution < -0.4 is 0 Å². The van der Waals surface area contributed by atoms with Crippen molar-refractivity contribution in [2.24, 2.45) is 21.4 Å². The van der Waals surface area contributed by atoms with Gasteiger partial charge in [-0.3, -0.25) is 4.98 Å². The fraction of sp³-hybridized carbons (Fsp3) is 0.538. The van der Waals surface area contributed by atoms with Crippen LogP contribution in [0, 0.1) is 5.92 Å². The maximum atomic E-state index is 5.82. The highest BCUT2D eigenvalue weighted by Gasteiger charge is 2.42. The van der Waals surface area contributed by atoms with E-state index < -0.39 is 0 Å². The number of aromatic nitrogens is 1. The molecule has 1 aromatic carbocycles. The van der Waals surface area contributed by atoms with Crippen LogP contribution in [0.4, 0.5) is 0 Å². The summed E-state index contributed by atoms with van der Waals surface area (Å²) in [6.07, 6.45) is 9.28. The van der Waals surface area contributed by atoms with Crippen molar-refractivity contribution < 1.29 is 4.74 Å². The molecule has 2 aromatic rings. The zero-order valence-corrected chi connectivity index (χ0v) is 18.7. The lowest BCUT2D eigenvalue weighted by Crippen LogP contribution is -2.35. The first-order chi connectivity index (χ1) is 15.2. The molecule has 3 aliphatic rings. The SMILES string of the molecule is COCC1(c2nc3c(c(-c4ccccc4)c2C2=NN=NCC2C)CCCC3)CCCC1. The van der Waals surface area contributed by atoms with Crippen LogP contribution in [0.25, 0.3) is 11.1 Å². The molecule has 1 aliphatic heterocycles. The number of fused-ring (bicyclic) bond motifs is 1. The Labute approximate surface area is 185 Å². The third kappa shape index (κ3) is 3.63. The van der Waals surface area contributed by atoms with Gasteiger partial charge in [0.2, 0.25) is 0 Å². The van der Waals surface area contributed by atoms with Crippen molar-refractivity contribution in [3.63, 3.8) is 0 Å². The zero-order chi connectivity index (χ0) is 21.3. The topological polar surface area (TPSA) is 59.2 Å². The first-order valence-corrected chi connectivity index (χ1v) is 11.8. The minimum atomic E-state index is -0.0447. The fourth-order valence-electron chi connectivity index (χ4n) is 5.80. The molecule has 0 spiro atoms. The Morgan fingerprint density at radius 3 is 2.52 bits per heavy atom. The van der Waals surface area contributed by atoms with E-state index in [1.165, 1.54) is 59.3 Å². The highest BCUT2D eigenvalue weighted by Crippen LogP contribution is 2.47. The number of methoxy groups -OCH3 is 1. The molecule has 2 aliphatic carbocycles. The van der Waals surface area contributed by atoms with Gasteiger partial charge in [0.1, 0.15) is 0 Å². The number of nitrogens with zero attached hydrogens (tertiary/aromatic N) is 4. The van der Waals surface area contributed by atoms with Crippen LogP contribution in [0.1, 0.15) is 68.0 Å². The Kier molecular flexibility index (Phi) is 5.70. The molecule has 1 fully saturated rings. The Balaban J connectivity index is 1.86. The summed E-state index contributed by atoms with van der Waals surface area (Å²) in [5, 5.41) is 13.0. The second kappa shape index (κ2) is 8.62. The van der Waals surface area contributed by atoms with Gasteiger partial charge in [-0.1, -0.05) is 50.1 Å². The summed E-state index contributed by atoms with van der Waals surface area (Å²) in [5.41, 5.74) is 8.73. The Morgan fingerprint density at radius 1 is 1.00 bits per heavy atom. The monoisotopic (exact) mass is 416 g/mol. The minimum absolute atomic E-state index is 0.0447. The van der Waals surface area contributed by atoms with E-state index in [1.807, 2.05) is 7.11 Å². The van der Waals surface area contributed by atoms with Crippen molar-refractivity contribution in [3.8, 4) is 11.1 Å². The summed E-state index contributed by atoms with van der Waals surface area (Å²) < 4.78 is 5.82. The molecule has 5 rings (SSSR count). The van der Waals surface area contributed by atoms with Gasteiger partial charge in [0, 0.05) is 29.7 Å². The summed E-state index contributed by atoms with van der Waals surface area (Å²) in [6.45, 7) is 3.61. The Bertz CT molecular complexity index is 1010. The first kappa shape index (κ1) is 20.5. The van der Waals surface area contributed by atoms with E-state index in [1.54, 1.807) is 0 Å². The molecule has 0 saturated heterocycles. The van der Waals surface area contributed by atoms with Crippen LogP contribution in [-0.2, 0) is 23.0 Å². The number of benzene rings is 1. The summed E-state index contributed by atoms with van der Waals surface area (Å²) in [7, 11) is 1.82. The largest absolute Gasteiger partial charge is 0.384 e. The van der Waals surface area contributed by atoms with E-state index in [4.69, 9.17) is 9.72 Å². The van der Waals surface area contributed by atoms with Crippen molar-refractivity contribution in [2.75, 3.05) is 20.3 Å². The van der Waals surface area contributed by atoms with Gasteiger partial charge in [-0.25, -0.2) is 0 Å². The summed E-state index contributed by atoms with van der Waals surface area (Å²) in [6, 6.07) is 10.9. The van der Waals surface area contributed by atoms with Gasteiger partial charge in [0.25, 0.3) is 0 Å². The number of hydrogen-bond acceptors (Lipinski definition) is 5. The van der Waals surface area contributed by atoms with Crippen molar-refractivity contribution >= 4 is 5.71 Å². The highest BCUT2D eigenvalue weighted by molar-refractivity contribution is 6.09. The number of aryl methyl sites for hydroxylation is 1. The van der Waals surface area contributed by atoms with Gasteiger partial charge < -0.3 is 4.74 Å². The molecule has 0 amide bonds. The standard InChI is InChI=1S/C26H32N4O/c1-18-16-27-30-29-24(18)23-22(19-10-4-3-5-11-19)20-12-6-7-13-21(20)28-25(23)26(17-31-2)14-8-9-15-26/h3-5,10-11,18H,6-9,12-17H2,1-2H3. The first-order valence-electron chi connectivity index (χ1n) is 11.8. The van der Waals surface area contributed by atoms with Gasteiger partial charge in [-0.15, -0.1) is 5.10 Å². The predicted molar refractivity (Wildman–Crippen MR) is 124 cm³/mol. The smallest absolute Gasteiger partial charge is 0.0792 e. The van der Waals surface area contributed by atoms with E-state index in [9.17, 15) is 0 Å². The highest BCUT2D eigenvalue weighted by atomic mass is 16.5. The maximum absolute atomic E-state index is 5.82. The normalized spacial score (nSPS) is 22.3. The molecule has 5 nitrogen and oxygen atoms in total. The number of hydrogen-bond donors (Lipinski definition) is 0. The van der Waals surface area contributed by atoms with Crippen molar-refractivity contribution in [3.05, 3.63) is 52.8 Å². The second-order valence-corrected chi connectivity index (χ2v) is 9.43. The minimum Gasteiger partial charge on any atom is -0.384 e. The van der Waals surface area contributed by atoms with Gasteiger partial charge in [0.15, 0.2) is 0 Å². The average Bonchev–Trinajstić information content (AvgIpc) is 3.29.